The molecule has 1 aliphatic rings. The summed E-state index contributed by atoms with van der Waals surface area (Å²) in [7, 11) is 0. The van der Waals surface area contributed by atoms with Crippen LogP contribution in [0.5, 0.6) is 5.75 Å². The van der Waals surface area contributed by atoms with E-state index < -0.39 is 0 Å². The third-order valence-electron chi connectivity index (χ3n) is 4.30. The van der Waals surface area contributed by atoms with Crippen molar-refractivity contribution in [2.45, 2.75) is 33.2 Å². The second kappa shape index (κ2) is 5.09. The summed E-state index contributed by atoms with van der Waals surface area (Å²) in [6.45, 7) is 9.14. The molecule has 2 nitrogen and oxygen atoms in total. The SMILES string of the molecule is CC1CCN(C(C)c2ccccc2O)CC1C. The van der Waals surface area contributed by atoms with Gasteiger partial charge in [0.05, 0.1) is 0 Å². The van der Waals surface area contributed by atoms with Gasteiger partial charge in [-0.15, -0.1) is 0 Å². The van der Waals surface area contributed by atoms with Gasteiger partial charge in [-0.25, -0.2) is 0 Å². The molecule has 0 radical (unpaired) electrons. The van der Waals surface area contributed by atoms with Crippen molar-refractivity contribution in [2.24, 2.45) is 11.8 Å². The Kier molecular flexibility index (Phi) is 3.72. The Bertz CT molecular complexity index is 377. The monoisotopic (exact) mass is 233 g/mol. The van der Waals surface area contributed by atoms with E-state index >= 15 is 0 Å². The summed E-state index contributed by atoms with van der Waals surface area (Å²) in [6, 6.07) is 8.00. The minimum absolute atomic E-state index is 0.311. The number of rotatable bonds is 2. The first kappa shape index (κ1) is 12.4. The van der Waals surface area contributed by atoms with Crippen molar-refractivity contribution in [2.75, 3.05) is 13.1 Å². The minimum Gasteiger partial charge on any atom is -0.508 e. The molecule has 1 aromatic rings. The highest BCUT2D eigenvalue weighted by Gasteiger charge is 2.27. The van der Waals surface area contributed by atoms with Gasteiger partial charge in [0.15, 0.2) is 0 Å². The zero-order valence-electron chi connectivity index (χ0n) is 11.1. The van der Waals surface area contributed by atoms with Crippen molar-refractivity contribution in [1.82, 2.24) is 4.90 Å². The predicted octanol–water partition coefficient (Wildman–Crippen LogP) is 3.43. The summed E-state index contributed by atoms with van der Waals surface area (Å²) >= 11 is 0. The third kappa shape index (κ3) is 2.63. The van der Waals surface area contributed by atoms with Crippen LogP contribution in [0.25, 0.3) is 0 Å². The number of para-hydroxylation sites is 1. The van der Waals surface area contributed by atoms with Gasteiger partial charge in [0.25, 0.3) is 0 Å². The van der Waals surface area contributed by atoms with Crippen molar-refractivity contribution in [3.63, 3.8) is 0 Å². The van der Waals surface area contributed by atoms with E-state index in [1.54, 1.807) is 6.07 Å². The van der Waals surface area contributed by atoms with Crippen LogP contribution >= 0.6 is 0 Å². The highest BCUT2D eigenvalue weighted by atomic mass is 16.3. The van der Waals surface area contributed by atoms with Crippen molar-refractivity contribution < 1.29 is 5.11 Å². The van der Waals surface area contributed by atoms with E-state index in [4.69, 9.17) is 0 Å². The Balaban J connectivity index is 2.10. The van der Waals surface area contributed by atoms with Crippen LogP contribution < -0.4 is 0 Å². The normalized spacial score (nSPS) is 27.9. The Morgan fingerprint density at radius 2 is 1.94 bits per heavy atom. The predicted molar refractivity (Wildman–Crippen MR) is 71.0 cm³/mol. The molecule has 0 saturated carbocycles. The van der Waals surface area contributed by atoms with E-state index in [-0.39, 0.29) is 0 Å². The average molecular weight is 233 g/mol. The maximum absolute atomic E-state index is 9.90. The van der Waals surface area contributed by atoms with Gasteiger partial charge in [-0.1, -0.05) is 32.0 Å². The van der Waals surface area contributed by atoms with Gasteiger partial charge >= 0.3 is 0 Å². The highest BCUT2D eigenvalue weighted by Crippen LogP contribution is 2.32. The molecule has 0 aromatic heterocycles. The van der Waals surface area contributed by atoms with Gasteiger partial charge in [0.2, 0.25) is 0 Å². The van der Waals surface area contributed by atoms with Crippen LogP contribution in [0.4, 0.5) is 0 Å². The lowest BCUT2D eigenvalue weighted by Gasteiger charge is -2.39. The summed E-state index contributed by atoms with van der Waals surface area (Å²) in [5, 5.41) is 9.90. The van der Waals surface area contributed by atoms with E-state index in [9.17, 15) is 5.11 Å². The van der Waals surface area contributed by atoms with Gasteiger partial charge in [-0.3, -0.25) is 4.90 Å². The first-order valence-corrected chi connectivity index (χ1v) is 6.61. The Morgan fingerprint density at radius 3 is 2.59 bits per heavy atom. The van der Waals surface area contributed by atoms with E-state index in [1.165, 1.54) is 6.42 Å². The third-order valence-corrected chi connectivity index (χ3v) is 4.30. The van der Waals surface area contributed by atoms with Crippen LogP contribution in [0.2, 0.25) is 0 Å². The molecule has 2 heteroatoms. The number of likely N-dealkylation sites (tertiary alicyclic amines) is 1. The molecule has 1 fully saturated rings. The molecule has 0 spiro atoms. The van der Waals surface area contributed by atoms with E-state index in [0.717, 1.165) is 30.5 Å². The standard InChI is InChI=1S/C15H23NO/c1-11-8-9-16(10-12(11)2)13(3)14-6-4-5-7-15(14)17/h4-7,11-13,17H,8-10H2,1-3H3. The molecule has 0 amide bonds. The van der Waals surface area contributed by atoms with Crippen molar-refractivity contribution in [3.8, 4) is 5.75 Å². The zero-order chi connectivity index (χ0) is 12.4. The van der Waals surface area contributed by atoms with Gasteiger partial charge in [0, 0.05) is 18.2 Å². The largest absolute Gasteiger partial charge is 0.508 e. The summed E-state index contributed by atoms with van der Waals surface area (Å²) in [5.41, 5.74) is 1.05. The second-order valence-electron chi connectivity index (χ2n) is 5.47. The van der Waals surface area contributed by atoms with Crippen LogP contribution in [0.3, 0.4) is 0 Å². The fourth-order valence-electron chi connectivity index (χ4n) is 2.68. The summed E-state index contributed by atoms with van der Waals surface area (Å²) < 4.78 is 0. The summed E-state index contributed by atoms with van der Waals surface area (Å²) in [6.07, 6.45) is 1.26. The van der Waals surface area contributed by atoms with Crippen LogP contribution in [0, 0.1) is 11.8 Å². The summed E-state index contributed by atoms with van der Waals surface area (Å²) in [4.78, 5) is 2.49. The summed E-state index contributed by atoms with van der Waals surface area (Å²) in [5.74, 6) is 1.99. The van der Waals surface area contributed by atoms with E-state index in [2.05, 4.69) is 25.7 Å². The molecule has 1 aliphatic heterocycles. The number of hydrogen-bond donors (Lipinski definition) is 1. The first-order valence-electron chi connectivity index (χ1n) is 6.61. The molecule has 94 valence electrons. The highest BCUT2D eigenvalue weighted by molar-refractivity contribution is 5.34. The molecule has 0 aliphatic carbocycles. The number of phenols is 1. The van der Waals surface area contributed by atoms with Crippen molar-refractivity contribution >= 4 is 0 Å². The van der Waals surface area contributed by atoms with Crippen LogP contribution in [0.1, 0.15) is 38.8 Å². The molecule has 3 atom stereocenters. The molecular formula is C15H23NO. The number of benzene rings is 1. The molecule has 17 heavy (non-hydrogen) atoms. The number of piperidine rings is 1. The topological polar surface area (TPSA) is 23.5 Å². The smallest absolute Gasteiger partial charge is 0.120 e. The number of phenolic OH excluding ortho intramolecular Hbond substituents is 1. The lowest BCUT2D eigenvalue weighted by molar-refractivity contribution is 0.102. The molecule has 0 bridgehead atoms. The van der Waals surface area contributed by atoms with Crippen molar-refractivity contribution in [1.29, 1.82) is 0 Å². The van der Waals surface area contributed by atoms with Crippen LogP contribution in [0.15, 0.2) is 24.3 Å². The molecule has 1 saturated heterocycles. The molecule has 1 aromatic carbocycles. The lowest BCUT2D eigenvalue weighted by atomic mass is 9.87. The maximum atomic E-state index is 9.90. The molecule has 1 N–H and O–H groups in total. The van der Waals surface area contributed by atoms with Gasteiger partial charge < -0.3 is 5.11 Å². The lowest BCUT2D eigenvalue weighted by Crippen LogP contribution is -2.39. The quantitative estimate of drug-likeness (QED) is 0.846. The van der Waals surface area contributed by atoms with Crippen LogP contribution in [-0.2, 0) is 0 Å². The molecular weight excluding hydrogens is 210 g/mol. The molecule has 1 heterocycles. The Labute approximate surface area is 104 Å². The number of hydrogen-bond acceptors (Lipinski definition) is 2. The molecule has 2 rings (SSSR count). The van der Waals surface area contributed by atoms with E-state index in [1.807, 2.05) is 18.2 Å². The van der Waals surface area contributed by atoms with Gasteiger partial charge in [-0.05, 0) is 37.8 Å². The minimum atomic E-state index is 0.311. The second-order valence-corrected chi connectivity index (χ2v) is 5.47. The fourth-order valence-corrected chi connectivity index (χ4v) is 2.68. The Morgan fingerprint density at radius 1 is 1.24 bits per heavy atom. The van der Waals surface area contributed by atoms with Crippen molar-refractivity contribution in [3.05, 3.63) is 29.8 Å². The fraction of sp³-hybridized carbons (Fsp3) is 0.600. The van der Waals surface area contributed by atoms with Gasteiger partial charge in [0.1, 0.15) is 5.75 Å². The zero-order valence-corrected chi connectivity index (χ0v) is 11.1. The maximum Gasteiger partial charge on any atom is 0.120 e. The Hall–Kier alpha value is -1.02. The van der Waals surface area contributed by atoms with E-state index in [0.29, 0.717) is 11.8 Å². The average Bonchev–Trinajstić information content (AvgIpc) is 2.32. The number of nitrogens with zero attached hydrogens (tertiary/aromatic N) is 1. The first-order chi connectivity index (χ1) is 8.09. The van der Waals surface area contributed by atoms with Crippen LogP contribution in [-0.4, -0.2) is 23.1 Å². The number of aromatic hydroxyl groups is 1. The van der Waals surface area contributed by atoms with Gasteiger partial charge in [-0.2, -0.15) is 0 Å². The molecule has 3 unspecified atom stereocenters.